The van der Waals surface area contributed by atoms with Crippen LogP contribution in [0, 0.1) is 12.8 Å². The third kappa shape index (κ3) is 3.76. The van der Waals surface area contributed by atoms with Crippen LogP contribution in [0.3, 0.4) is 0 Å². The van der Waals surface area contributed by atoms with Crippen molar-refractivity contribution in [2.75, 3.05) is 26.7 Å². The van der Waals surface area contributed by atoms with E-state index in [1.54, 1.807) is 11.3 Å². The SMILES string of the molecule is Cc1ncsc1CN(C)CC1CCN(Cc2cnc3ccccn23)C1. The Morgan fingerprint density at radius 3 is 3.08 bits per heavy atom. The summed E-state index contributed by atoms with van der Waals surface area (Å²) in [6.07, 6.45) is 5.40. The standard InChI is InChI=1S/C19H25N5S/c1-15-18(25-14-21-15)13-22(2)10-16-6-8-23(11-16)12-17-9-20-19-5-3-4-7-24(17)19/h3-5,7,9,14,16H,6,8,10-13H2,1-2H3. The molecule has 132 valence electrons. The van der Waals surface area contributed by atoms with E-state index in [2.05, 4.69) is 56.5 Å². The Hall–Kier alpha value is -1.76. The molecule has 0 spiro atoms. The summed E-state index contributed by atoms with van der Waals surface area (Å²) in [7, 11) is 2.23. The van der Waals surface area contributed by atoms with Gasteiger partial charge in [-0.1, -0.05) is 6.07 Å². The highest BCUT2D eigenvalue weighted by molar-refractivity contribution is 7.09. The second-order valence-corrected chi connectivity index (χ2v) is 8.07. The second-order valence-electron chi connectivity index (χ2n) is 7.13. The highest BCUT2D eigenvalue weighted by Gasteiger charge is 2.24. The maximum atomic E-state index is 4.50. The molecule has 0 radical (unpaired) electrons. The molecule has 1 aliphatic rings. The molecule has 0 aliphatic carbocycles. The van der Waals surface area contributed by atoms with E-state index in [1.807, 2.05) is 17.8 Å². The Balaban J connectivity index is 1.31. The number of aromatic nitrogens is 3. The predicted molar refractivity (Wildman–Crippen MR) is 102 cm³/mol. The number of imidazole rings is 1. The molecule has 0 saturated carbocycles. The average molecular weight is 356 g/mol. The molecule has 25 heavy (non-hydrogen) atoms. The third-order valence-corrected chi connectivity index (χ3v) is 6.00. The number of pyridine rings is 1. The molecule has 1 fully saturated rings. The van der Waals surface area contributed by atoms with Crippen LogP contribution in [0.25, 0.3) is 5.65 Å². The molecule has 4 heterocycles. The van der Waals surface area contributed by atoms with E-state index < -0.39 is 0 Å². The number of hydrogen-bond acceptors (Lipinski definition) is 5. The molecule has 3 aromatic heterocycles. The number of thiazole rings is 1. The van der Waals surface area contributed by atoms with Crippen molar-refractivity contribution < 1.29 is 0 Å². The summed E-state index contributed by atoms with van der Waals surface area (Å²) in [6.45, 7) is 7.61. The molecular weight excluding hydrogens is 330 g/mol. The Kier molecular flexibility index (Phi) is 4.83. The zero-order valence-electron chi connectivity index (χ0n) is 14.9. The van der Waals surface area contributed by atoms with Crippen LogP contribution in [-0.2, 0) is 13.1 Å². The van der Waals surface area contributed by atoms with Gasteiger partial charge in [0.1, 0.15) is 5.65 Å². The Labute approximate surface area is 152 Å². The molecule has 1 saturated heterocycles. The first-order valence-electron chi connectivity index (χ1n) is 8.90. The number of nitrogens with zero attached hydrogens (tertiary/aromatic N) is 5. The summed E-state index contributed by atoms with van der Waals surface area (Å²) >= 11 is 1.77. The van der Waals surface area contributed by atoms with Gasteiger partial charge in [0.2, 0.25) is 0 Å². The van der Waals surface area contributed by atoms with E-state index in [1.165, 1.54) is 35.8 Å². The maximum absolute atomic E-state index is 4.50. The molecule has 6 heteroatoms. The molecule has 1 atom stereocenters. The Morgan fingerprint density at radius 1 is 1.32 bits per heavy atom. The average Bonchev–Trinajstić information content (AvgIpc) is 3.31. The Morgan fingerprint density at radius 2 is 2.24 bits per heavy atom. The minimum atomic E-state index is 0.748. The molecule has 1 unspecified atom stereocenters. The largest absolute Gasteiger partial charge is 0.303 e. The van der Waals surface area contributed by atoms with Crippen molar-refractivity contribution in [2.24, 2.45) is 5.92 Å². The van der Waals surface area contributed by atoms with Crippen molar-refractivity contribution in [3.8, 4) is 0 Å². The number of likely N-dealkylation sites (tertiary alicyclic amines) is 1. The topological polar surface area (TPSA) is 36.7 Å². The predicted octanol–water partition coefficient (Wildman–Crippen LogP) is 3.05. The van der Waals surface area contributed by atoms with E-state index >= 15 is 0 Å². The van der Waals surface area contributed by atoms with Crippen LogP contribution in [0.1, 0.15) is 22.7 Å². The highest BCUT2D eigenvalue weighted by atomic mass is 32.1. The van der Waals surface area contributed by atoms with E-state index in [9.17, 15) is 0 Å². The minimum Gasteiger partial charge on any atom is -0.303 e. The zero-order chi connectivity index (χ0) is 17.2. The van der Waals surface area contributed by atoms with Gasteiger partial charge in [-0.25, -0.2) is 9.97 Å². The molecule has 0 amide bonds. The highest BCUT2D eigenvalue weighted by Crippen LogP contribution is 2.21. The quantitative estimate of drug-likeness (QED) is 0.681. The van der Waals surface area contributed by atoms with E-state index in [0.717, 1.165) is 31.2 Å². The Bertz CT molecular complexity index is 839. The van der Waals surface area contributed by atoms with Gasteiger partial charge >= 0.3 is 0 Å². The number of fused-ring (bicyclic) bond motifs is 1. The van der Waals surface area contributed by atoms with Gasteiger partial charge in [0.05, 0.1) is 23.1 Å². The fraction of sp³-hybridized carbons (Fsp3) is 0.474. The van der Waals surface area contributed by atoms with Gasteiger partial charge in [0, 0.05) is 37.3 Å². The van der Waals surface area contributed by atoms with Crippen molar-refractivity contribution in [1.29, 1.82) is 0 Å². The smallest absolute Gasteiger partial charge is 0.136 e. The van der Waals surface area contributed by atoms with Crippen LogP contribution in [0.4, 0.5) is 0 Å². The zero-order valence-corrected chi connectivity index (χ0v) is 15.7. The third-order valence-electron chi connectivity index (χ3n) is 5.08. The molecular formula is C19H25N5S. The fourth-order valence-corrected chi connectivity index (χ4v) is 4.62. The van der Waals surface area contributed by atoms with Crippen LogP contribution in [0.5, 0.6) is 0 Å². The molecule has 3 aromatic rings. The van der Waals surface area contributed by atoms with Crippen LogP contribution >= 0.6 is 11.3 Å². The van der Waals surface area contributed by atoms with Crippen molar-refractivity contribution in [1.82, 2.24) is 24.2 Å². The van der Waals surface area contributed by atoms with Crippen molar-refractivity contribution in [2.45, 2.75) is 26.4 Å². The lowest BCUT2D eigenvalue weighted by molar-refractivity contribution is 0.254. The van der Waals surface area contributed by atoms with Crippen LogP contribution in [0.15, 0.2) is 36.1 Å². The molecule has 1 aliphatic heterocycles. The minimum absolute atomic E-state index is 0.748. The number of aryl methyl sites for hydroxylation is 1. The summed E-state index contributed by atoms with van der Waals surface area (Å²) < 4.78 is 2.20. The molecule has 0 bridgehead atoms. The molecule has 5 nitrogen and oxygen atoms in total. The lowest BCUT2D eigenvalue weighted by Gasteiger charge is -2.21. The van der Waals surface area contributed by atoms with Gasteiger partial charge in [0.15, 0.2) is 0 Å². The lowest BCUT2D eigenvalue weighted by atomic mass is 10.1. The maximum Gasteiger partial charge on any atom is 0.136 e. The first-order valence-corrected chi connectivity index (χ1v) is 9.78. The first kappa shape index (κ1) is 16.7. The summed E-state index contributed by atoms with van der Waals surface area (Å²) in [5.41, 5.74) is 5.45. The van der Waals surface area contributed by atoms with Crippen LogP contribution < -0.4 is 0 Å². The number of hydrogen-bond donors (Lipinski definition) is 0. The summed E-state index contributed by atoms with van der Waals surface area (Å²) in [5, 5.41) is 0. The molecule has 4 rings (SSSR count). The first-order chi connectivity index (χ1) is 12.2. The summed E-state index contributed by atoms with van der Waals surface area (Å²) in [4.78, 5) is 15.3. The van der Waals surface area contributed by atoms with E-state index in [-0.39, 0.29) is 0 Å². The number of rotatable bonds is 6. The summed E-state index contributed by atoms with van der Waals surface area (Å²) in [5.74, 6) is 0.748. The van der Waals surface area contributed by atoms with Gasteiger partial charge in [-0.2, -0.15) is 0 Å². The van der Waals surface area contributed by atoms with Crippen LogP contribution in [0.2, 0.25) is 0 Å². The molecule has 0 aromatic carbocycles. The van der Waals surface area contributed by atoms with Crippen LogP contribution in [-0.4, -0.2) is 50.9 Å². The van der Waals surface area contributed by atoms with Crippen molar-refractivity contribution in [3.63, 3.8) is 0 Å². The van der Waals surface area contributed by atoms with Gasteiger partial charge < -0.3 is 9.30 Å². The van der Waals surface area contributed by atoms with Crippen molar-refractivity contribution >= 4 is 17.0 Å². The van der Waals surface area contributed by atoms with E-state index in [0.29, 0.717) is 0 Å². The van der Waals surface area contributed by atoms with Gasteiger partial charge in [-0.05, 0) is 45.0 Å². The monoisotopic (exact) mass is 355 g/mol. The van der Waals surface area contributed by atoms with Gasteiger partial charge in [0.25, 0.3) is 0 Å². The fourth-order valence-electron chi connectivity index (χ4n) is 3.77. The second kappa shape index (κ2) is 7.23. The normalized spacial score (nSPS) is 18.6. The molecule has 0 N–H and O–H groups in total. The van der Waals surface area contributed by atoms with Crippen molar-refractivity contribution in [3.05, 3.63) is 52.4 Å². The van der Waals surface area contributed by atoms with Gasteiger partial charge in [-0.15, -0.1) is 11.3 Å². The summed E-state index contributed by atoms with van der Waals surface area (Å²) in [6, 6.07) is 6.17. The van der Waals surface area contributed by atoms with Gasteiger partial charge in [-0.3, -0.25) is 4.90 Å². The lowest BCUT2D eigenvalue weighted by Crippen LogP contribution is -2.28. The van der Waals surface area contributed by atoms with E-state index in [4.69, 9.17) is 0 Å².